The van der Waals surface area contributed by atoms with E-state index in [-0.39, 0.29) is 5.91 Å². The van der Waals surface area contributed by atoms with Crippen molar-refractivity contribution in [2.24, 2.45) is 5.73 Å². The number of amides is 1. The molecule has 20 heavy (non-hydrogen) atoms. The first kappa shape index (κ1) is 14.8. The molecule has 1 aromatic carbocycles. The van der Waals surface area contributed by atoms with Crippen LogP contribution in [-0.4, -0.2) is 49.8 Å². The maximum Gasteiger partial charge on any atom is 0.245 e. The molecule has 5 nitrogen and oxygen atoms in total. The lowest BCUT2D eigenvalue weighted by atomic mass is 9.99. The number of para-hydroxylation sites is 1. The van der Waals surface area contributed by atoms with Crippen LogP contribution in [0.5, 0.6) is 5.75 Å². The summed E-state index contributed by atoms with van der Waals surface area (Å²) in [6, 6.07) is 7.82. The first-order chi connectivity index (χ1) is 9.53. The first-order valence-electron chi connectivity index (χ1n) is 6.83. The Morgan fingerprint density at radius 3 is 2.90 bits per heavy atom. The van der Waals surface area contributed by atoms with Crippen molar-refractivity contribution in [2.45, 2.75) is 18.9 Å². The molecule has 2 N–H and O–H groups in total. The zero-order valence-electron chi connectivity index (χ0n) is 12.1. The van der Waals surface area contributed by atoms with E-state index < -0.39 is 5.54 Å². The fourth-order valence-corrected chi connectivity index (χ4v) is 2.24. The van der Waals surface area contributed by atoms with Gasteiger partial charge in [0.05, 0.1) is 13.2 Å². The molecule has 2 rings (SSSR count). The minimum Gasteiger partial charge on any atom is -0.491 e. The number of likely N-dealkylation sites (N-methyl/N-ethyl adjacent to an activating group) is 1. The summed E-state index contributed by atoms with van der Waals surface area (Å²) in [4.78, 5) is 13.9. The molecule has 0 radical (unpaired) electrons. The molecule has 110 valence electrons. The van der Waals surface area contributed by atoms with Gasteiger partial charge < -0.3 is 20.1 Å². The summed E-state index contributed by atoms with van der Waals surface area (Å²) in [7, 11) is 1.75. The molecule has 0 spiro atoms. The van der Waals surface area contributed by atoms with Gasteiger partial charge in [0.15, 0.2) is 0 Å². The summed E-state index contributed by atoms with van der Waals surface area (Å²) in [5.41, 5.74) is 6.27. The topological polar surface area (TPSA) is 64.8 Å². The highest BCUT2D eigenvalue weighted by Crippen LogP contribution is 2.18. The van der Waals surface area contributed by atoms with Gasteiger partial charge in [0.25, 0.3) is 0 Å². The second kappa shape index (κ2) is 6.24. The van der Waals surface area contributed by atoms with Crippen molar-refractivity contribution in [3.05, 3.63) is 29.8 Å². The SMILES string of the molecule is Cc1ccccc1OCCN(C)C(=O)C1(N)CCOC1. The summed E-state index contributed by atoms with van der Waals surface area (Å²) in [6.07, 6.45) is 0.578. The lowest BCUT2D eigenvalue weighted by molar-refractivity contribution is -0.136. The molecule has 0 bridgehead atoms. The van der Waals surface area contributed by atoms with Crippen molar-refractivity contribution in [2.75, 3.05) is 33.4 Å². The molecule has 1 unspecified atom stereocenters. The van der Waals surface area contributed by atoms with Crippen LogP contribution in [0.15, 0.2) is 24.3 Å². The third-order valence-corrected chi connectivity index (χ3v) is 3.60. The zero-order valence-corrected chi connectivity index (χ0v) is 12.1. The molecular weight excluding hydrogens is 256 g/mol. The van der Waals surface area contributed by atoms with Gasteiger partial charge in [-0.25, -0.2) is 0 Å². The fourth-order valence-electron chi connectivity index (χ4n) is 2.24. The van der Waals surface area contributed by atoms with Gasteiger partial charge in [-0.2, -0.15) is 0 Å². The van der Waals surface area contributed by atoms with Gasteiger partial charge in [-0.15, -0.1) is 0 Å². The van der Waals surface area contributed by atoms with Crippen LogP contribution in [-0.2, 0) is 9.53 Å². The lowest BCUT2D eigenvalue weighted by Gasteiger charge is -2.27. The summed E-state index contributed by atoms with van der Waals surface area (Å²) in [5, 5.41) is 0. The van der Waals surface area contributed by atoms with E-state index in [1.807, 2.05) is 31.2 Å². The average Bonchev–Trinajstić information content (AvgIpc) is 2.88. The second-order valence-corrected chi connectivity index (χ2v) is 5.30. The van der Waals surface area contributed by atoms with Crippen molar-refractivity contribution in [3.63, 3.8) is 0 Å². The number of carbonyl (C=O) groups is 1. The molecule has 1 heterocycles. The average molecular weight is 278 g/mol. The summed E-state index contributed by atoms with van der Waals surface area (Å²) in [6.45, 7) is 3.80. The van der Waals surface area contributed by atoms with Crippen LogP contribution < -0.4 is 10.5 Å². The Hall–Kier alpha value is -1.59. The number of benzene rings is 1. The molecule has 1 aliphatic heterocycles. The third-order valence-electron chi connectivity index (χ3n) is 3.60. The quantitative estimate of drug-likeness (QED) is 0.871. The Balaban J connectivity index is 1.82. The smallest absolute Gasteiger partial charge is 0.245 e. The maximum atomic E-state index is 12.2. The lowest BCUT2D eigenvalue weighted by Crippen LogP contribution is -2.55. The van der Waals surface area contributed by atoms with Crippen LogP contribution in [0.1, 0.15) is 12.0 Å². The number of carbonyl (C=O) groups excluding carboxylic acids is 1. The van der Waals surface area contributed by atoms with Gasteiger partial charge in [0.2, 0.25) is 5.91 Å². The third kappa shape index (κ3) is 3.29. The molecule has 1 aliphatic rings. The van der Waals surface area contributed by atoms with Gasteiger partial charge in [-0.3, -0.25) is 4.79 Å². The van der Waals surface area contributed by atoms with Crippen LogP contribution in [0, 0.1) is 6.92 Å². The molecular formula is C15H22N2O3. The summed E-state index contributed by atoms with van der Waals surface area (Å²) in [5.74, 6) is 0.767. The number of aryl methyl sites for hydroxylation is 1. The Bertz CT molecular complexity index is 470. The minimum atomic E-state index is -0.864. The van der Waals surface area contributed by atoms with Crippen LogP contribution >= 0.6 is 0 Å². The number of rotatable bonds is 5. The highest BCUT2D eigenvalue weighted by atomic mass is 16.5. The normalized spacial score (nSPS) is 21.8. The first-order valence-corrected chi connectivity index (χ1v) is 6.83. The van der Waals surface area contributed by atoms with E-state index in [9.17, 15) is 4.79 Å². The van der Waals surface area contributed by atoms with E-state index in [0.717, 1.165) is 11.3 Å². The standard InChI is InChI=1S/C15H22N2O3/c1-12-5-3-4-6-13(12)20-10-8-17(2)14(18)15(16)7-9-19-11-15/h3-6H,7-11,16H2,1-2H3. The maximum absolute atomic E-state index is 12.2. The monoisotopic (exact) mass is 278 g/mol. The molecule has 0 aliphatic carbocycles. The van der Waals surface area contributed by atoms with Crippen molar-refractivity contribution in [1.29, 1.82) is 0 Å². The molecule has 1 saturated heterocycles. The molecule has 1 aromatic rings. The van der Waals surface area contributed by atoms with E-state index in [4.69, 9.17) is 15.2 Å². The van der Waals surface area contributed by atoms with Gasteiger partial charge in [0, 0.05) is 13.7 Å². The summed E-state index contributed by atoms with van der Waals surface area (Å²) >= 11 is 0. The fraction of sp³-hybridized carbons (Fsp3) is 0.533. The number of ether oxygens (including phenoxy) is 2. The number of nitrogens with zero attached hydrogens (tertiary/aromatic N) is 1. The van der Waals surface area contributed by atoms with Gasteiger partial charge in [-0.1, -0.05) is 18.2 Å². The Kier molecular flexibility index (Phi) is 4.62. The van der Waals surface area contributed by atoms with Crippen molar-refractivity contribution in [3.8, 4) is 5.75 Å². The van der Waals surface area contributed by atoms with Crippen LogP contribution in [0.4, 0.5) is 0 Å². The Morgan fingerprint density at radius 2 is 2.25 bits per heavy atom. The Morgan fingerprint density at radius 1 is 1.50 bits per heavy atom. The predicted molar refractivity (Wildman–Crippen MR) is 76.7 cm³/mol. The highest BCUT2D eigenvalue weighted by molar-refractivity contribution is 5.86. The van der Waals surface area contributed by atoms with Gasteiger partial charge in [0.1, 0.15) is 17.9 Å². The van der Waals surface area contributed by atoms with E-state index in [1.54, 1.807) is 11.9 Å². The molecule has 0 aromatic heterocycles. The molecule has 1 fully saturated rings. The summed E-state index contributed by atoms with van der Waals surface area (Å²) < 4.78 is 10.9. The molecule has 0 saturated carbocycles. The Labute approximate surface area is 119 Å². The largest absolute Gasteiger partial charge is 0.491 e. The van der Waals surface area contributed by atoms with Crippen LogP contribution in [0.2, 0.25) is 0 Å². The van der Waals surface area contributed by atoms with Gasteiger partial charge >= 0.3 is 0 Å². The highest BCUT2D eigenvalue weighted by Gasteiger charge is 2.39. The van der Waals surface area contributed by atoms with E-state index in [1.165, 1.54) is 0 Å². The molecule has 5 heteroatoms. The van der Waals surface area contributed by atoms with Gasteiger partial charge in [-0.05, 0) is 25.0 Å². The number of hydrogen-bond donors (Lipinski definition) is 1. The zero-order chi connectivity index (χ0) is 14.6. The van der Waals surface area contributed by atoms with Crippen LogP contribution in [0.3, 0.4) is 0 Å². The predicted octanol–water partition coefficient (Wildman–Crippen LogP) is 0.950. The minimum absolute atomic E-state index is 0.0802. The van der Waals surface area contributed by atoms with Crippen LogP contribution in [0.25, 0.3) is 0 Å². The molecule has 1 atom stereocenters. The van der Waals surface area contributed by atoms with E-state index in [0.29, 0.717) is 32.8 Å². The number of hydrogen-bond acceptors (Lipinski definition) is 4. The number of nitrogens with two attached hydrogens (primary N) is 1. The molecule has 1 amide bonds. The second-order valence-electron chi connectivity index (χ2n) is 5.30. The van der Waals surface area contributed by atoms with Crippen molar-refractivity contribution in [1.82, 2.24) is 4.90 Å². The van der Waals surface area contributed by atoms with Crippen molar-refractivity contribution < 1.29 is 14.3 Å². The van der Waals surface area contributed by atoms with E-state index >= 15 is 0 Å². The van der Waals surface area contributed by atoms with E-state index in [2.05, 4.69) is 0 Å². The van der Waals surface area contributed by atoms with Crippen molar-refractivity contribution >= 4 is 5.91 Å².